The van der Waals surface area contributed by atoms with Gasteiger partial charge in [0.25, 0.3) is 0 Å². The molecular weight excluding hydrogens is 150 g/mol. The molecule has 1 aromatic heterocycles. The van der Waals surface area contributed by atoms with Gasteiger partial charge in [-0.05, 0) is 27.9 Å². The van der Waals surface area contributed by atoms with Crippen molar-refractivity contribution in [2.75, 3.05) is 14.1 Å². The van der Waals surface area contributed by atoms with E-state index < -0.39 is 0 Å². The number of aromatic nitrogens is 2. The van der Waals surface area contributed by atoms with Gasteiger partial charge in [-0.25, -0.2) is 4.98 Å². The van der Waals surface area contributed by atoms with Gasteiger partial charge in [0.15, 0.2) is 0 Å². The van der Waals surface area contributed by atoms with Crippen LogP contribution in [0.2, 0.25) is 0 Å². The highest BCUT2D eigenvalue weighted by Crippen LogP contribution is 2.05. The lowest BCUT2D eigenvalue weighted by Gasteiger charge is -2.11. The van der Waals surface area contributed by atoms with Gasteiger partial charge < -0.3 is 9.47 Å². The van der Waals surface area contributed by atoms with E-state index in [4.69, 9.17) is 0 Å². The number of nitrogens with zero attached hydrogens (tertiary/aromatic N) is 3. The molecule has 12 heavy (non-hydrogen) atoms. The predicted octanol–water partition coefficient (Wildman–Crippen LogP) is 1.27. The molecule has 0 radical (unpaired) electrons. The minimum atomic E-state index is 0.967. The Labute approximate surface area is 74.0 Å². The molecule has 0 spiro atoms. The van der Waals surface area contributed by atoms with Crippen LogP contribution in [0.3, 0.4) is 0 Å². The molecule has 0 atom stereocenters. The maximum absolute atomic E-state index is 4.28. The summed E-state index contributed by atoms with van der Waals surface area (Å²) in [4.78, 5) is 6.43. The molecule has 1 heterocycles. The summed E-state index contributed by atoms with van der Waals surface area (Å²) in [5, 5.41) is 0. The quantitative estimate of drug-likeness (QED) is 0.676. The Morgan fingerprint density at radius 2 is 2.17 bits per heavy atom. The first-order valence-corrected chi connectivity index (χ1v) is 4.31. The van der Waals surface area contributed by atoms with Crippen molar-refractivity contribution in [2.45, 2.75) is 26.9 Å². The molecule has 0 saturated heterocycles. The largest absolute Gasteiger partial charge is 0.331 e. The summed E-state index contributed by atoms with van der Waals surface area (Å²) in [7, 11) is 4.14. The standard InChI is InChI=1S/C9H17N3/c1-5-12-8(2)10-6-9(12)7-11(3)4/h6H,5,7H2,1-4H3. The Morgan fingerprint density at radius 1 is 1.50 bits per heavy atom. The van der Waals surface area contributed by atoms with Crippen molar-refractivity contribution in [2.24, 2.45) is 0 Å². The van der Waals surface area contributed by atoms with Crippen molar-refractivity contribution < 1.29 is 0 Å². The number of aryl methyl sites for hydroxylation is 1. The molecule has 0 aliphatic heterocycles. The molecule has 1 rings (SSSR count). The zero-order valence-corrected chi connectivity index (χ0v) is 8.33. The topological polar surface area (TPSA) is 21.1 Å². The maximum atomic E-state index is 4.28. The zero-order chi connectivity index (χ0) is 9.14. The van der Waals surface area contributed by atoms with Crippen LogP contribution in [0.4, 0.5) is 0 Å². The van der Waals surface area contributed by atoms with Gasteiger partial charge in [-0.2, -0.15) is 0 Å². The summed E-state index contributed by atoms with van der Waals surface area (Å²) in [6.45, 7) is 6.17. The number of imidazole rings is 1. The van der Waals surface area contributed by atoms with E-state index in [1.807, 2.05) is 13.1 Å². The van der Waals surface area contributed by atoms with E-state index >= 15 is 0 Å². The fourth-order valence-electron chi connectivity index (χ4n) is 1.40. The third-order valence-electron chi connectivity index (χ3n) is 1.93. The minimum Gasteiger partial charge on any atom is -0.331 e. The van der Waals surface area contributed by atoms with Crippen LogP contribution in [-0.2, 0) is 13.1 Å². The highest BCUT2D eigenvalue weighted by atomic mass is 15.1. The van der Waals surface area contributed by atoms with Crippen LogP contribution in [0.1, 0.15) is 18.4 Å². The minimum absolute atomic E-state index is 0.967. The number of hydrogen-bond acceptors (Lipinski definition) is 2. The number of hydrogen-bond donors (Lipinski definition) is 0. The molecule has 0 aromatic carbocycles. The lowest BCUT2D eigenvalue weighted by Crippen LogP contribution is -2.14. The van der Waals surface area contributed by atoms with Crippen molar-refractivity contribution in [3.8, 4) is 0 Å². The average molecular weight is 167 g/mol. The summed E-state index contributed by atoms with van der Waals surface area (Å²) in [6.07, 6.45) is 1.96. The normalized spacial score (nSPS) is 11.1. The van der Waals surface area contributed by atoms with Crippen LogP contribution in [0.5, 0.6) is 0 Å². The molecular formula is C9H17N3. The first-order valence-electron chi connectivity index (χ1n) is 4.31. The first kappa shape index (κ1) is 9.26. The lowest BCUT2D eigenvalue weighted by atomic mass is 10.4. The summed E-state index contributed by atoms with van der Waals surface area (Å²) < 4.78 is 2.24. The van der Waals surface area contributed by atoms with Gasteiger partial charge in [-0.1, -0.05) is 0 Å². The van der Waals surface area contributed by atoms with Crippen molar-refractivity contribution in [1.29, 1.82) is 0 Å². The summed E-state index contributed by atoms with van der Waals surface area (Å²) >= 11 is 0. The fourth-order valence-corrected chi connectivity index (χ4v) is 1.40. The van der Waals surface area contributed by atoms with Crippen LogP contribution in [0, 0.1) is 6.92 Å². The summed E-state index contributed by atoms with van der Waals surface area (Å²) in [5.41, 5.74) is 1.29. The van der Waals surface area contributed by atoms with Crippen LogP contribution in [0.25, 0.3) is 0 Å². The highest BCUT2D eigenvalue weighted by molar-refractivity contribution is 5.03. The van der Waals surface area contributed by atoms with Gasteiger partial charge in [0, 0.05) is 19.3 Å². The Morgan fingerprint density at radius 3 is 2.67 bits per heavy atom. The molecule has 3 nitrogen and oxygen atoms in total. The molecule has 0 unspecified atom stereocenters. The van der Waals surface area contributed by atoms with Gasteiger partial charge in [0.1, 0.15) is 5.82 Å². The van der Waals surface area contributed by atoms with Crippen LogP contribution in [0.15, 0.2) is 6.20 Å². The van der Waals surface area contributed by atoms with E-state index in [0.717, 1.165) is 18.9 Å². The SMILES string of the molecule is CCn1c(CN(C)C)cnc1C. The number of rotatable bonds is 3. The molecule has 0 N–H and O–H groups in total. The Bertz CT molecular complexity index is 250. The van der Waals surface area contributed by atoms with Crippen LogP contribution >= 0.6 is 0 Å². The average Bonchev–Trinajstić information content (AvgIpc) is 2.30. The Hall–Kier alpha value is -0.830. The van der Waals surface area contributed by atoms with E-state index in [-0.39, 0.29) is 0 Å². The van der Waals surface area contributed by atoms with Crippen LogP contribution < -0.4 is 0 Å². The Balaban J connectivity index is 2.84. The predicted molar refractivity (Wildman–Crippen MR) is 50.0 cm³/mol. The molecule has 0 amide bonds. The third-order valence-corrected chi connectivity index (χ3v) is 1.93. The fraction of sp³-hybridized carbons (Fsp3) is 0.667. The first-order chi connectivity index (χ1) is 5.65. The highest BCUT2D eigenvalue weighted by Gasteiger charge is 2.04. The molecule has 0 bridgehead atoms. The van der Waals surface area contributed by atoms with E-state index in [0.29, 0.717) is 0 Å². The van der Waals surface area contributed by atoms with Crippen LogP contribution in [-0.4, -0.2) is 28.5 Å². The molecule has 0 saturated carbocycles. The van der Waals surface area contributed by atoms with E-state index in [2.05, 4.69) is 35.5 Å². The smallest absolute Gasteiger partial charge is 0.105 e. The summed E-state index contributed by atoms with van der Waals surface area (Å²) in [5.74, 6) is 1.11. The molecule has 1 aromatic rings. The molecule has 0 aliphatic rings. The van der Waals surface area contributed by atoms with Crippen molar-refractivity contribution in [3.05, 3.63) is 17.7 Å². The van der Waals surface area contributed by atoms with Gasteiger partial charge in [0.2, 0.25) is 0 Å². The summed E-state index contributed by atoms with van der Waals surface area (Å²) in [6, 6.07) is 0. The third kappa shape index (κ3) is 1.85. The van der Waals surface area contributed by atoms with Crippen molar-refractivity contribution in [1.82, 2.24) is 14.5 Å². The maximum Gasteiger partial charge on any atom is 0.105 e. The van der Waals surface area contributed by atoms with Crippen molar-refractivity contribution >= 4 is 0 Å². The van der Waals surface area contributed by atoms with Gasteiger partial charge >= 0.3 is 0 Å². The van der Waals surface area contributed by atoms with E-state index in [9.17, 15) is 0 Å². The molecule has 0 fully saturated rings. The second-order valence-electron chi connectivity index (χ2n) is 3.28. The zero-order valence-electron chi connectivity index (χ0n) is 8.33. The van der Waals surface area contributed by atoms with Gasteiger partial charge in [-0.3, -0.25) is 0 Å². The van der Waals surface area contributed by atoms with E-state index in [1.165, 1.54) is 5.69 Å². The molecule has 0 aliphatic carbocycles. The second kappa shape index (κ2) is 3.72. The molecule has 68 valence electrons. The van der Waals surface area contributed by atoms with Gasteiger partial charge in [0.05, 0.1) is 5.69 Å². The second-order valence-corrected chi connectivity index (χ2v) is 3.28. The molecule has 3 heteroatoms. The van der Waals surface area contributed by atoms with E-state index in [1.54, 1.807) is 0 Å². The monoisotopic (exact) mass is 167 g/mol. The Kier molecular flexibility index (Phi) is 2.87. The lowest BCUT2D eigenvalue weighted by molar-refractivity contribution is 0.387. The van der Waals surface area contributed by atoms with Gasteiger partial charge in [-0.15, -0.1) is 0 Å². The van der Waals surface area contributed by atoms with Crippen molar-refractivity contribution in [3.63, 3.8) is 0 Å².